The third kappa shape index (κ3) is 2.47. The molecule has 0 spiro atoms. The molecule has 2 heteroatoms. The highest BCUT2D eigenvalue weighted by Gasteiger charge is 2.29. The third-order valence-corrected chi connectivity index (χ3v) is 4.53. The van der Waals surface area contributed by atoms with Crippen LogP contribution in [0.4, 0.5) is 0 Å². The van der Waals surface area contributed by atoms with Crippen molar-refractivity contribution >= 4 is 11.6 Å². The van der Waals surface area contributed by atoms with Crippen molar-refractivity contribution in [1.82, 2.24) is 0 Å². The van der Waals surface area contributed by atoms with Gasteiger partial charge in [0.1, 0.15) is 0 Å². The van der Waals surface area contributed by atoms with Crippen molar-refractivity contribution in [2.75, 3.05) is 0 Å². The summed E-state index contributed by atoms with van der Waals surface area (Å²) >= 11 is 0. The smallest absolute Gasteiger partial charge is 0.190 e. The minimum atomic E-state index is -0.00254. The average Bonchev–Trinajstić information content (AvgIpc) is 2.43. The lowest BCUT2D eigenvalue weighted by Gasteiger charge is -2.24. The maximum atomic E-state index is 12.6. The van der Waals surface area contributed by atoms with Crippen LogP contribution >= 0.6 is 0 Å². The molecule has 0 radical (unpaired) electrons. The molecule has 2 aliphatic rings. The number of Topliss-reactive ketones (excluding diaryl/α,β-unsaturated/α-hetero) is 1. The van der Waals surface area contributed by atoms with Gasteiger partial charge in [0.25, 0.3) is 0 Å². The number of fused-ring (bicyclic) bond motifs is 1. The van der Waals surface area contributed by atoms with E-state index < -0.39 is 0 Å². The quantitative estimate of drug-likeness (QED) is 0.758. The van der Waals surface area contributed by atoms with Crippen LogP contribution in [0.2, 0.25) is 0 Å². The van der Waals surface area contributed by atoms with Gasteiger partial charge in [0, 0.05) is 16.7 Å². The molecule has 1 saturated carbocycles. The summed E-state index contributed by atoms with van der Waals surface area (Å²) in [6, 6.07) is 7.19. The Morgan fingerprint density at radius 2 is 1.40 bits per heavy atom. The molecule has 0 bridgehead atoms. The first-order valence-electron chi connectivity index (χ1n) is 7.67. The number of rotatable bonds is 1. The summed E-state index contributed by atoms with van der Waals surface area (Å²) in [6.07, 6.45) is 9.86. The first-order chi connectivity index (χ1) is 9.77. The van der Waals surface area contributed by atoms with Crippen LogP contribution in [-0.4, -0.2) is 11.6 Å². The zero-order valence-corrected chi connectivity index (χ0v) is 11.7. The maximum Gasteiger partial charge on any atom is 0.190 e. The molecule has 1 fully saturated rings. The van der Waals surface area contributed by atoms with Crippen LogP contribution in [0.25, 0.3) is 0 Å². The normalized spacial score (nSPS) is 20.9. The molecule has 20 heavy (non-hydrogen) atoms. The van der Waals surface area contributed by atoms with Gasteiger partial charge in [0.05, 0.1) is 0 Å². The number of carbonyl (C=O) groups excluding carboxylic acids is 2. The Bertz CT molecular complexity index is 561. The van der Waals surface area contributed by atoms with Gasteiger partial charge < -0.3 is 0 Å². The molecule has 2 aliphatic carbocycles. The average molecular weight is 268 g/mol. The third-order valence-electron chi connectivity index (χ3n) is 4.53. The van der Waals surface area contributed by atoms with Gasteiger partial charge in [0.15, 0.2) is 11.6 Å². The second kappa shape index (κ2) is 5.74. The first-order valence-corrected chi connectivity index (χ1v) is 7.67. The number of ketones is 2. The van der Waals surface area contributed by atoms with E-state index in [1.165, 1.54) is 32.1 Å². The predicted molar refractivity (Wildman–Crippen MR) is 79.0 cm³/mol. The van der Waals surface area contributed by atoms with Gasteiger partial charge in [-0.3, -0.25) is 9.59 Å². The van der Waals surface area contributed by atoms with E-state index in [2.05, 4.69) is 0 Å². The molecule has 0 heterocycles. The Kier molecular flexibility index (Phi) is 3.81. The maximum absolute atomic E-state index is 12.6. The summed E-state index contributed by atoms with van der Waals surface area (Å²) < 4.78 is 0. The Morgan fingerprint density at radius 3 is 2.10 bits per heavy atom. The minimum absolute atomic E-state index is 0.00254. The van der Waals surface area contributed by atoms with Gasteiger partial charge >= 0.3 is 0 Å². The number of carbonyl (C=O) groups is 2. The second-order valence-corrected chi connectivity index (χ2v) is 5.88. The van der Waals surface area contributed by atoms with Crippen LogP contribution in [0.15, 0.2) is 35.9 Å². The molecule has 0 unspecified atom stereocenters. The van der Waals surface area contributed by atoms with Gasteiger partial charge in [-0.05, 0) is 24.8 Å². The number of hydrogen-bond donors (Lipinski definition) is 0. The second-order valence-electron chi connectivity index (χ2n) is 5.88. The first kappa shape index (κ1) is 13.3. The number of benzene rings is 1. The molecule has 104 valence electrons. The standard InChI is InChI=1S/C18H20O2/c19-17-12-16(13-8-4-2-1-3-5-9-13)18(20)15-11-7-6-10-14(15)17/h6-7,10-13H,1-5,8-9H2. The van der Waals surface area contributed by atoms with E-state index in [1.54, 1.807) is 18.2 Å². The Hall–Kier alpha value is -1.70. The van der Waals surface area contributed by atoms with E-state index in [-0.39, 0.29) is 17.5 Å². The highest BCUT2D eigenvalue weighted by molar-refractivity contribution is 6.24. The lowest BCUT2D eigenvalue weighted by atomic mass is 9.78. The summed E-state index contributed by atoms with van der Waals surface area (Å²) in [5.74, 6) is 0.350. The molecule has 3 rings (SSSR count). The minimum Gasteiger partial charge on any atom is -0.289 e. The predicted octanol–water partition coefficient (Wildman–Crippen LogP) is 4.35. The van der Waals surface area contributed by atoms with Gasteiger partial charge in [-0.25, -0.2) is 0 Å². The molecule has 2 nitrogen and oxygen atoms in total. The molecule has 0 amide bonds. The highest BCUT2D eigenvalue weighted by Crippen LogP contribution is 2.33. The van der Waals surface area contributed by atoms with Crippen molar-refractivity contribution in [3.8, 4) is 0 Å². The highest BCUT2D eigenvalue weighted by atomic mass is 16.1. The van der Waals surface area contributed by atoms with E-state index in [0.29, 0.717) is 11.1 Å². The van der Waals surface area contributed by atoms with Crippen LogP contribution < -0.4 is 0 Å². The lowest BCUT2D eigenvalue weighted by molar-refractivity contribution is 0.0972. The topological polar surface area (TPSA) is 34.1 Å². The van der Waals surface area contributed by atoms with Crippen molar-refractivity contribution < 1.29 is 9.59 Å². The zero-order valence-electron chi connectivity index (χ0n) is 11.7. The molecule has 0 aromatic heterocycles. The van der Waals surface area contributed by atoms with Crippen LogP contribution in [-0.2, 0) is 0 Å². The van der Waals surface area contributed by atoms with Crippen molar-refractivity contribution in [1.29, 1.82) is 0 Å². The van der Waals surface area contributed by atoms with E-state index in [9.17, 15) is 9.59 Å². The van der Waals surface area contributed by atoms with Gasteiger partial charge in [-0.1, -0.05) is 56.4 Å². The van der Waals surface area contributed by atoms with Crippen LogP contribution in [0.1, 0.15) is 65.7 Å². The van der Waals surface area contributed by atoms with E-state index >= 15 is 0 Å². The lowest BCUT2D eigenvalue weighted by Crippen LogP contribution is -2.22. The molecule has 1 aromatic carbocycles. The zero-order chi connectivity index (χ0) is 13.9. The van der Waals surface area contributed by atoms with E-state index in [0.717, 1.165) is 18.4 Å². The fourth-order valence-corrected chi connectivity index (χ4v) is 3.41. The van der Waals surface area contributed by atoms with Crippen molar-refractivity contribution in [3.63, 3.8) is 0 Å². The number of hydrogen-bond acceptors (Lipinski definition) is 2. The largest absolute Gasteiger partial charge is 0.289 e. The molecule has 1 aromatic rings. The summed E-state index contributed by atoms with van der Waals surface area (Å²) in [4.78, 5) is 24.8. The molecular weight excluding hydrogens is 248 g/mol. The van der Waals surface area contributed by atoms with Crippen LogP contribution in [0.5, 0.6) is 0 Å². The summed E-state index contributed by atoms with van der Waals surface area (Å²) in [5, 5.41) is 0. The summed E-state index contributed by atoms with van der Waals surface area (Å²) in [6.45, 7) is 0. The molecule has 0 atom stereocenters. The van der Waals surface area contributed by atoms with Gasteiger partial charge in [-0.2, -0.15) is 0 Å². The summed E-state index contributed by atoms with van der Waals surface area (Å²) in [7, 11) is 0. The number of allylic oxidation sites excluding steroid dienone is 2. The SMILES string of the molecule is O=C1C=C(C2CCCCCCC2)C(=O)c2ccccc21. The fraction of sp³-hybridized carbons (Fsp3) is 0.444. The molecular formula is C18H20O2. The fourth-order valence-electron chi connectivity index (χ4n) is 3.41. The van der Waals surface area contributed by atoms with Gasteiger partial charge in [0.2, 0.25) is 0 Å². The van der Waals surface area contributed by atoms with Crippen molar-refractivity contribution in [2.45, 2.75) is 44.9 Å². The Balaban J connectivity index is 1.90. The van der Waals surface area contributed by atoms with Crippen molar-refractivity contribution in [3.05, 3.63) is 47.0 Å². The van der Waals surface area contributed by atoms with Crippen LogP contribution in [0, 0.1) is 5.92 Å². The Morgan fingerprint density at radius 1 is 0.800 bits per heavy atom. The van der Waals surface area contributed by atoms with E-state index in [1.807, 2.05) is 12.1 Å². The Labute approximate surface area is 119 Å². The summed E-state index contributed by atoms with van der Waals surface area (Å²) in [5.41, 5.74) is 1.92. The van der Waals surface area contributed by atoms with Crippen LogP contribution in [0.3, 0.4) is 0 Å². The molecule has 0 saturated heterocycles. The van der Waals surface area contributed by atoms with Crippen molar-refractivity contribution in [2.24, 2.45) is 5.92 Å². The monoisotopic (exact) mass is 268 g/mol. The molecule has 0 N–H and O–H groups in total. The van der Waals surface area contributed by atoms with Gasteiger partial charge in [-0.15, -0.1) is 0 Å². The van der Waals surface area contributed by atoms with E-state index in [4.69, 9.17) is 0 Å². The molecule has 0 aliphatic heterocycles.